The first-order chi connectivity index (χ1) is 13.0. The Morgan fingerprint density at radius 2 is 1.93 bits per heavy atom. The van der Waals surface area contributed by atoms with Gasteiger partial charge in [0.25, 0.3) is 5.91 Å². The summed E-state index contributed by atoms with van der Waals surface area (Å²) in [4.78, 5) is 32.8. The van der Waals surface area contributed by atoms with Gasteiger partial charge in [-0.05, 0) is 25.2 Å². The topological polar surface area (TPSA) is 53.1 Å². The second-order valence-electron chi connectivity index (χ2n) is 6.57. The van der Waals surface area contributed by atoms with Crippen molar-refractivity contribution in [2.75, 3.05) is 49.6 Å². The number of carbonyl (C=O) groups is 2. The third-order valence-electron chi connectivity index (χ3n) is 4.74. The Labute approximate surface area is 171 Å². The van der Waals surface area contributed by atoms with Gasteiger partial charge in [-0.3, -0.25) is 9.69 Å². The van der Waals surface area contributed by atoms with Crippen molar-refractivity contribution in [2.24, 2.45) is 0 Å². The van der Waals surface area contributed by atoms with Gasteiger partial charge in [-0.2, -0.15) is 0 Å². The highest BCUT2D eigenvalue weighted by Crippen LogP contribution is 2.45. The third kappa shape index (κ3) is 3.81. The first-order valence-corrected chi connectivity index (χ1v) is 11.1. The van der Waals surface area contributed by atoms with Gasteiger partial charge in [0.15, 0.2) is 0 Å². The summed E-state index contributed by atoms with van der Waals surface area (Å²) < 4.78 is 5.87. The molecule has 1 unspecified atom stereocenters. The molecule has 3 heterocycles. The molecule has 0 N–H and O–H groups in total. The fraction of sp³-hybridized carbons (Fsp3) is 0.444. The molecule has 0 bridgehead atoms. The number of hydrogen-bond donors (Lipinski definition) is 0. The number of halogens is 1. The highest BCUT2D eigenvalue weighted by atomic mass is 35.5. The maximum atomic E-state index is 13.0. The number of likely N-dealkylation sites (N-methyl/N-ethyl adjacent to an activating group) is 1. The van der Waals surface area contributed by atoms with Crippen LogP contribution < -0.4 is 4.90 Å². The summed E-state index contributed by atoms with van der Waals surface area (Å²) in [5.74, 6) is 1.64. The number of rotatable bonds is 2. The molecule has 3 aliphatic rings. The quantitative estimate of drug-likeness (QED) is 0.725. The van der Waals surface area contributed by atoms with Crippen molar-refractivity contribution in [3.63, 3.8) is 0 Å². The van der Waals surface area contributed by atoms with E-state index in [1.165, 1.54) is 11.8 Å². The van der Waals surface area contributed by atoms with Crippen molar-refractivity contribution in [1.29, 1.82) is 0 Å². The van der Waals surface area contributed by atoms with Gasteiger partial charge in [0.05, 0.1) is 9.81 Å². The molecule has 1 atom stereocenters. The number of amides is 2. The summed E-state index contributed by atoms with van der Waals surface area (Å²) in [6, 6.07) is 7.09. The maximum Gasteiger partial charge on any atom is 0.412 e. The smallest absolute Gasteiger partial charge is 0.412 e. The van der Waals surface area contributed by atoms with E-state index in [-0.39, 0.29) is 12.0 Å². The van der Waals surface area contributed by atoms with Crippen molar-refractivity contribution in [1.82, 2.24) is 9.80 Å². The number of benzene rings is 1. The van der Waals surface area contributed by atoms with Crippen molar-refractivity contribution < 1.29 is 14.3 Å². The summed E-state index contributed by atoms with van der Waals surface area (Å²) in [6.07, 6.45) is -1.10. The summed E-state index contributed by atoms with van der Waals surface area (Å²) in [7, 11) is 2.03. The lowest BCUT2D eigenvalue weighted by molar-refractivity contribution is -0.115. The van der Waals surface area contributed by atoms with Crippen LogP contribution in [0.15, 0.2) is 34.1 Å². The van der Waals surface area contributed by atoms with E-state index in [0.29, 0.717) is 28.7 Å². The molecule has 6 nitrogen and oxygen atoms in total. The zero-order valence-corrected chi connectivity index (χ0v) is 17.3. The van der Waals surface area contributed by atoms with Gasteiger partial charge in [0.1, 0.15) is 0 Å². The Kier molecular flexibility index (Phi) is 5.59. The first kappa shape index (κ1) is 19.0. The molecule has 0 aliphatic carbocycles. The van der Waals surface area contributed by atoms with Crippen LogP contribution in [-0.2, 0) is 9.53 Å². The van der Waals surface area contributed by atoms with Crippen LogP contribution in [0.5, 0.6) is 0 Å². The molecule has 144 valence electrons. The number of thioether (sulfide) groups is 2. The first-order valence-electron chi connectivity index (χ1n) is 8.77. The Morgan fingerprint density at radius 3 is 2.67 bits per heavy atom. The summed E-state index contributed by atoms with van der Waals surface area (Å²) >= 11 is 9.26. The van der Waals surface area contributed by atoms with Crippen molar-refractivity contribution in [2.45, 2.75) is 6.23 Å². The summed E-state index contributed by atoms with van der Waals surface area (Å²) in [6.45, 7) is 2.88. The molecule has 0 saturated carbocycles. The van der Waals surface area contributed by atoms with Crippen LogP contribution in [-0.4, -0.2) is 72.8 Å². The predicted molar refractivity (Wildman–Crippen MR) is 110 cm³/mol. The number of hydrogen-bond acceptors (Lipinski definition) is 6. The standard InChI is InChI=1S/C18H20ClN3O3S2/c1-20-5-7-21(8-6-20)18(24)25-17-15-14(26-9-10-27-15)16(23)22(17)13-4-2-3-12(19)11-13/h2-4,11,17H,5-10H2,1H3. The Bertz CT molecular complexity index is 796. The van der Waals surface area contributed by atoms with Crippen LogP contribution >= 0.6 is 35.1 Å². The SMILES string of the molecule is CN1CCN(C(=O)OC2C3=C(SCCS3)C(=O)N2c2cccc(Cl)c2)CC1. The van der Waals surface area contributed by atoms with Crippen LogP contribution in [0.1, 0.15) is 0 Å². The molecule has 1 saturated heterocycles. The van der Waals surface area contributed by atoms with Crippen LogP contribution in [0.25, 0.3) is 0 Å². The second-order valence-corrected chi connectivity index (χ2v) is 9.25. The minimum Gasteiger partial charge on any atom is -0.420 e. The van der Waals surface area contributed by atoms with E-state index in [1.54, 1.807) is 39.8 Å². The van der Waals surface area contributed by atoms with Gasteiger partial charge in [0, 0.05) is 48.4 Å². The lowest BCUT2D eigenvalue weighted by atomic mass is 10.3. The lowest BCUT2D eigenvalue weighted by Gasteiger charge is -2.34. The fourth-order valence-corrected chi connectivity index (χ4v) is 5.87. The Morgan fingerprint density at radius 1 is 1.19 bits per heavy atom. The highest BCUT2D eigenvalue weighted by Gasteiger charge is 2.45. The van der Waals surface area contributed by atoms with Crippen molar-refractivity contribution in [3.05, 3.63) is 39.1 Å². The summed E-state index contributed by atoms with van der Waals surface area (Å²) in [5, 5.41) is 0.537. The van der Waals surface area contributed by atoms with Crippen LogP contribution in [0.2, 0.25) is 5.02 Å². The van der Waals surface area contributed by atoms with E-state index in [0.717, 1.165) is 29.5 Å². The molecule has 1 aromatic rings. The van der Waals surface area contributed by atoms with Gasteiger partial charge in [-0.1, -0.05) is 17.7 Å². The monoisotopic (exact) mass is 425 g/mol. The molecule has 1 fully saturated rings. The van der Waals surface area contributed by atoms with E-state index in [1.807, 2.05) is 13.1 Å². The lowest BCUT2D eigenvalue weighted by Crippen LogP contribution is -2.49. The van der Waals surface area contributed by atoms with Gasteiger partial charge >= 0.3 is 6.09 Å². The Hall–Kier alpha value is -1.35. The fourth-order valence-electron chi connectivity index (χ4n) is 3.26. The molecule has 9 heteroatoms. The summed E-state index contributed by atoms with van der Waals surface area (Å²) in [5.41, 5.74) is 0.638. The third-order valence-corrected chi connectivity index (χ3v) is 7.58. The Balaban J connectivity index is 1.60. The van der Waals surface area contributed by atoms with Gasteiger partial charge < -0.3 is 14.5 Å². The van der Waals surface area contributed by atoms with E-state index in [4.69, 9.17) is 16.3 Å². The van der Waals surface area contributed by atoms with E-state index in [9.17, 15) is 9.59 Å². The zero-order valence-electron chi connectivity index (χ0n) is 14.9. The second kappa shape index (κ2) is 7.95. The molecule has 0 aromatic heterocycles. The van der Waals surface area contributed by atoms with Gasteiger partial charge in [-0.25, -0.2) is 4.79 Å². The highest BCUT2D eigenvalue weighted by molar-refractivity contribution is 8.10. The molecule has 4 rings (SSSR count). The molecule has 27 heavy (non-hydrogen) atoms. The zero-order chi connectivity index (χ0) is 19.0. The van der Waals surface area contributed by atoms with Gasteiger partial charge in [-0.15, -0.1) is 23.5 Å². The van der Waals surface area contributed by atoms with E-state index >= 15 is 0 Å². The van der Waals surface area contributed by atoms with Crippen LogP contribution in [0.3, 0.4) is 0 Å². The maximum absolute atomic E-state index is 13.0. The average Bonchev–Trinajstić information content (AvgIpc) is 2.94. The van der Waals surface area contributed by atoms with E-state index < -0.39 is 6.23 Å². The van der Waals surface area contributed by atoms with Crippen LogP contribution in [0.4, 0.5) is 10.5 Å². The predicted octanol–water partition coefficient (Wildman–Crippen LogP) is 3.09. The molecular formula is C18H20ClN3O3S2. The molecule has 0 radical (unpaired) electrons. The minimum atomic E-state index is -0.726. The molecule has 3 aliphatic heterocycles. The molecule has 0 spiro atoms. The average molecular weight is 426 g/mol. The van der Waals surface area contributed by atoms with E-state index in [2.05, 4.69) is 4.90 Å². The largest absolute Gasteiger partial charge is 0.420 e. The number of ether oxygens (including phenoxy) is 1. The molecule has 2 amide bonds. The molecule has 1 aromatic carbocycles. The minimum absolute atomic E-state index is 0.124. The normalized spacial score (nSPS) is 23.6. The number of anilines is 1. The van der Waals surface area contributed by atoms with Crippen molar-refractivity contribution >= 4 is 52.8 Å². The van der Waals surface area contributed by atoms with Crippen LogP contribution in [0, 0.1) is 0 Å². The number of carbonyl (C=O) groups excluding carboxylic acids is 2. The van der Waals surface area contributed by atoms with Gasteiger partial charge in [0.2, 0.25) is 6.23 Å². The number of piperazine rings is 1. The van der Waals surface area contributed by atoms with Crippen molar-refractivity contribution in [3.8, 4) is 0 Å². The molecular weight excluding hydrogens is 406 g/mol. The number of nitrogens with zero attached hydrogens (tertiary/aromatic N) is 3.